The summed E-state index contributed by atoms with van der Waals surface area (Å²) in [7, 11) is 0. The second kappa shape index (κ2) is 3.11. The molecular formula is C13H8BrN3. The molecule has 0 radical (unpaired) electrons. The van der Waals surface area contributed by atoms with E-state index in [1.807, 2.05) is 30.5 Å². The van der Waals surface area contributed by atoms with Crippen LogP contribution >= 0.6 is 15.9 Å². The maximum absolute atomic E-state index is 4.66. The van der Waals surface area contributed by atoms with E-state index in [4.69, 9.17) is 0 Å². The van der Waals surface area contributed by atoms with E-state index in [0.29, 0.717) is 0 Å². The average Bonchev–Trinajstić information content (AvgIpc) is 2.85. The van der Waals surface area contributed by atoms with Crippen LogP contribution in [-0.4, -0.2) is 14.4 Å². The van der Waals surface area contributed by atoms with E-state index in [1.54, 1.807) is 0 Å². The van der Waals surface area contributed by atoms with Crippen molar-refractivity contribution in [1.82, 2.24) is 14.4 Å². The summed E-state index contributed by atoms with van der Waals surface area (Å²) < 4.78 is 3.11. The van der Waals surface area contributed by atoms with Crippen LogP contribution in [0.15, 0.2) is 47.1 Å². The standard InChI is InChI=1S/C13H8BrN3/c14-8-5-6-11-16-12-9-3-1-2-4-10(9)15-13(12)17(11)7-8/h1-7,15H. The number of hydrogen-bond donors (Lipinski definition) is 1. The van der Waals surface area contributed by atoms with Gasteiger partial charge in [0.15, 0.2) is 0 Å². The summed E-state index contributed by atoms with van der Waals surface area (Å²) >= 11 is 3.48. The zero-order valence-electron chi connectivity index (χ0n) is 8.81. The molecule has 3 nitrogen and oxygen atoms in total. The lowest BCUT2D eigenvalue weighted by Crippen LogP contribution is -1.84. The van der Waals surface area contributed by atoms with Gasteiger partial charge in [0.2, 0.25) is 0 Å². The Morgan fingerprint density at radius 2 is 2.00 bits per heavy atom. The Hall–Kier alpha value is -1.81. The van der Waals surface area contributed by atoms with Crippen LogP contribution in [0.2, 0.25) is 0 Å². The Kier molecular flexibility index (Phi) is 1.69. The van der Waals surface area contributed by atoms with Crippen molar-refractivity contribution >= 4 is 43.6 Å². The number of aromatic amines is 1. The molecule has 0 fully saturated rings. The largest absolute Gasteiger partial charge is 0.339 e. The minimum absolute atomic E-state index is 0.959. The predicted octanol–water partition coefficient (Wildman–Crippen LogP) is 3.73. The van der Waals surface area contributed by atoms with Gasteiger partial charge in [-0.1, -0.05) is 18.2 Å². The van der Waals surface area contributed by atoms with Gasteiger partial charge in [0.05, 0.1) is 0 Å². The Bertz CT molecular complexity index is 857. The number of H-pyrrole nitrogens is 1. The summed E-state index contributed by atoms with van der Waals surface area (Å²) in [5.41, 5.74) is 4.15. The average molecular weight is 286 g/mol. The van der Waals surface area contributed by atoms with Gasteiger partial charge in [-0.3, -0.25) is 4.40 Å². The third-order valence-electron chi connectivity index (χ3n) is 3.02. The van der Waals surface area contributed by atoms with E-state index in [9.17, 15) is 0 Å². The molecule has 0 atom stereocenters. The molecule has 0 amide bonds. The SMILES string of the molecule is Brc1ccc2nc3c4ccccc4[nH]c3n2c1. The van der Waals surface area contributed by atoms with Crippen molar-refractivity contribution in [2.75, 3.05) is 0 Å². The highest BCUT2D eigenvalue weighted by atomic mass is 79.9. The highest BCUT2D eigenvalue weighted by Gasteiger charge is 2.10. The first-order valence-corrected chi connectivity index (χ1v) is 6.16. The van der Waals surface area contributed by atoms with E-state index in [0.717, 1.165) is 26.8 Å². The fraction of sp³-hybridized carbons (Fsp3) is 0. The van der Waals surface area contributed by atoms with Crippen LogP contribution in [0.3, 0.4) is 0 Å². The van der Waals surface area contributed by atoms with Crippen LogP contribution in [0.5, 0.6) is 0 Å². The van der Waals surface area contributed by atoms with Crippen LogP contribution in [0.1, 0.15) is 0 Å². The van der Waals surface area contributed by atoms with Gasteiger partial charge in [0.25, 0.3) is 0 Å². The molecule has 0 aliphatic carbocycles. The summed E-state index contributed by atoms with van der Waals surface area (Å²) in [5.74, 6) is 0. The number of aromatic nitrogens is 3. The number of hydrogen-bond acceptors (Lipinski definition) is 1. The topological polar surface area (TPSA) is 33.1 Å². The second-order valence-corrected chi connectivity index (χ2v) is 4.97. The van der Waals surface area contributed by atoms with Crippen LogP contribution < -0.4 is 0 Å². The van der Waals surface area contributed by atoms with Gasteiger partial charge in [-0.2, -0.15) is 0 Å². The molecule has 4 rings (SSSR count). The maximum atomic E-state index is 4.66. The van der Waals surface area contributed by atoms with Crippen molar-refractivity contribution in [3.05, 3.63) is 47.1 Å². The quantitative estimate of drug-likeness (QED) is 0.525. The minimum atomic E-state index is 0.959. The number of para-hydroxylation sites is 1. The number of imidazole rings is 1. The summed E-state index contributed by atoms with van der Waals surface area (Å²) in [6, 6.07) is 12.2. The summed E-state index contributed by atoms with van der Waals surface area (Å²) in [5, 5.41) is 1.17. The van der Waals surface area contributed by atoms with E-state index >= 15 is 0 Å². The maximum Gasteiger partial charge on any atom is 0.143 e. The van der Waals surface area contributed by atoms with E-state index in [1.165, 1.54) is 5.39 Å². The first-order valence-electron chi connectivity index (χ1n) is 5.37. The molecule has 1 N–H and O–H groups in total. The molecule has 1 aromatic carbocycles. The van der Waals surface area contributed by atoms with E-state index in [-0.39, 0.29) is 0 Å². The first-order chi connectivity index (χ1) is 8.33. The Labute approximate surface area is 105 Å². The summed E-state index contributed by atoms with van der Waals surface area (Å²) in [6.07, 6.45) is 2.03. The number of rotatable bonds is 0. The molecule has 0 saturated heterocycles. The molecule has 0 unspecified atom stereocenters. The van der Waals surface area contributed by atoms with Gasteiger partial charge in [0, 0.05) is 21.6 Å². The number of fused-ring (bicyclic) bond motifs is 5. The van der Waals surface area contributed by atoms with Crippen molar-refractivity contribution in [1.29, 1.82) is 0 Å². The highest BCUT2D eigenvalue weighted by molar-refractivity contribution is 9.10. The van der Waals surface area contributed by atoms with Crippen LogP contribution in [0, 0.1) is 0 Å². The Morgan fingerprint density at radius 1 is 1.12 bits per heavy atom. The Balaban J connectivity index is 2.30. The fourth-order valence-electron chi connectivity index (χ4n) is 2.25. The smallest absolute Gasteiger partial charge is 0.143 e. The van der Waals surface area contributed by atoms with Gasteiger partial charge in [-0.15, -0.1) is 0 Å². The molecule has 0 spiro atoms. The first kappa shape index (κ1) is 9.24. The second-order valence-electron chi connectivity index (χ2n) is 4.06. The number of nitrogens with one attached hydrogen (secondary N) is 1. The zero-order chi connectivity index (χ0) is 11.4. The summed E-state index contributed by atoms with van der Waals surface area (Å²) in [4.78, 5) is 8.06. The van der Waals surface area contributed by atoms with Crippen molar-refractivity contribution < 1.29 is 0 Å². The lowest BCUT2D eigenvalue weighted by Gasteiger charge is -1.94. The highest BCUT2D eigenvalue weighted by Crippen LogP contribution is 2.26. The summed E-state index contributed by atoms with van der Waals surface area (Å²) in [6.45, 7) is 0. The lowest BCUT2D eigenvalue weighted by atomic mass is 10.2. The number of halogens is 1. The fourth-order valence-corrected chi connectivity index (χ4v) is 2.59. The molecular weight excluding hydrogens is 278 g/mol. The van der Waals surface area contributed by atoms with Gasteiger partial charge >= 0.3 is 0 Å². The van der Waals surface area contributed by atoms with Crippen LogP contribution in [0.25, 0.3) is 27.7 Å². The van der Waals surface area contributed by atoms with Crippen LogP contribution in [0.4, 0.5) is 0 Å². The van der Waals surface area contributed by atoms with Crippen LogP contribution in [-0.2, 0) is 0 Å². The predicted molar refractivity (Wildman–Crippen MR) is 72.3 cm³/mol. The molecule has 82 valence electrons. The molecule has 4 aromatic rings. The van der Waals surface area contributed by atoms with Gasteiger partial charge in [-0.05, 0) is 34.1 Å². The molecule has 0 bridgehead atoms. The van der Waals surface area contributed by atoms with Gasteiger partial charge in [-0.25, -0.2) is 4.98 Å². The number of nitrogens with zero attached hydrogens (tertiary/aromatic N) is 2. The Morgan fingerprint density at radius 3 is 2.94 bits per heavy atom. The number of benzene rings is 1. The van der Waals surface area contributed by atoms with Crippen molar-refractivity contribution in [2.45, 2.75) is 0 Å². The van der Waals surface area contributed by atoms with Crippen molar-refractivity contribution in [2.24, 2.45) is 0 Å². The molecule has 0 aliphatic rings. The third-order valence-corrected chi connectivity index (χ3v) is 3.49. The van der Waals surface area contributed by atoms with Crippen molar-refractivity contribution in [3.8, 4) is 0 Å². The van der Waals surface area contributed by atoms with Gasteiger partial charge in [0.1, 0.15) is 16.8 Å². The molecule has 3 aromatic heterocycles. The molecule has 3 heterocycles. The zero-order valence-corrected chi connectivity index (χ0v) is 10.4. The molecule has 4 heteroatoms. The third kappa shape index (κ3) is 1.18. The molecule has 17 heavy (non-hydrogen) atoms. The monoisotopic (exact) mass is 285 g/mol. The lowest BCUT2D eigenvalue weighted by molar-refractivity contribution is 1.18. The van der Waals surface area contributed by atoms with E-state index in [2.05, 4.69) is 42.4 Å². The molecule has 0 aliphatic heterocycles. The van der Waals surface area contributed by atoms with E-state index < -0.39 is 0 Å². The minimum Gasteiger partial charge on any atom is -0.339 e. The van der Waals surface area contributed by atoms with Crippen molar-refractivity contribution in [3.63, 3.8) is 0 Å². The number of pyridine rings is 1. The normalized spacial score (nSPS) is 11.8. The molecule has 0 saturated carbocycles. The van der Waals surface area contributed by atoms with Gasteiger partial charge < -0.3 is 4.98 Å².